The van der Waals surface area contributed by atoms with Crippen molar-refractivity contribution >= 4 is 11.9 Å². The molecular weight excluding hydrogens is 341 g/mol. The predicted octanol–water partition coefficient (Wildman–Crippen LogP) is 2.44. The third-order valence-electron chi connectivity index (χ3n) is 4.63. The first-order valence-electron chi connectivity index (χ1n) is 8.53. The normalized spacial score (nSPS) is 15.2. The van der Waals surface area contributed by atoms with Gasteiger partial charge in [0, 0.05) is 31.5 Å². The van der Waals surface area contributed by atoms with Crippen LogP contribution in [-0.4, -0.2) is 45.1 Å². The number of carboxylic acid groups (broad SMARTS) is 1. The molecular formula is C18H20FN3O4. The van der Waals surface area contributed by atoms with E-state index in [1.54, 1.807) is 24.0 Å². The fourth-order valence-corrected chi connectivity index (χ4v) is 3.01. The van der Waals surface area contributed by atoms with Crippen molar-refractivity contribution in [3.63, 3.8) is 0 Å². The standard InChI is InChI=1S/C18H20FN3O4/c1-11-10-13(2-3-14(11)19)17-20-15(26-21-17)4-5-16(23)22-8-6-12(7-9-22)18(24)25/h2-3,10,12H,4-9H2,1H3,(H,24,25). The summed E-state index contributed by atoms with van der Waals surface area (Å²) in [5.41, 5.74) is 1.15. The quantitative estimate of drug-likeness (QED) is 0.879. The van der Waals surface area contributed by atoms with Gasteiger partial charge in [-0.2, -0.15) is 4.98 Å². The van der Waals surface area contributed by atoms with Gasteiger partial charge in [-0.3, -0.25) is 9.59 Å². The molecule has 0 atom stereocenters. The van der Waals surface area contributed by atoms with Crippen molar-refractivity contribution in [1.29, 1.82) is 0 Å². The summed E-state index contributed by atoms with van der Waals surface area (Å²) in [4.78, 5) is 29.1. The second-order valence-electron chi connectivity index (χ2n) is 6.47. The SMILES string of the molecule is Cc1cc(-c2noc(CCC(=O)N3CCC(C(=O)O)CC3)n2)ccc1F. The van der Waals surface area contributed by atoms with Gasteiger partial charge in [0.1, 0.15) is 5.82 Å². The van der Waals surface area contributed by atoms with Crippen LogP contribution in [0.2, 0.25) is 0 Å². The van der Waals surface area contributed by atoms with Gasteiger partial charge in [-0.15, -0.1) is 0 Å². The van der Waals surface area contributed by atoms with Gasteiger partial charge >= 0.3 is 5.97 Å². The maximum atomic E-state index is 13.3. The molecule has 3 rings (SSSR count). The Morgan fingerprint density at radius 2 is 2.08 bits per heavy atom. The molecule has 0 bridgehead atoms. The number of aromatic nitrogens is 2. The fourth-order valence-electron chi connectivity index (χ4n) is 3.01. The molecule has 1 saturated heterocycles. The van der Waals surface area contributed by atoms with E-state index in [4.69, 9.17) is 9.63 Å². The average Bonchev–Trinajstić information content (AvgIpc) is 3.11. The highest BCUT2D eigenvalue weighted by Gasteiger charge is 2.27. The van der Waals surface area contributed by atoms with Crippen LogP contribution in [0.15, 0.2) is 22.7 Å². The van der Waals surface area contributed by atoms with E-state index in [9.17, 15) is 14.0 Å². The average molecular weight is 361 g/mol. The lowest BCUT2D eigenvalue weighted by Gasteiger charge is -2.30. The second kappa shape index (κ2) is 7.63. The Bertz CT molecular complexity index is 813. The minimum absolute atomic E-state index is 0.0498. The Morgan fingerprint density at radius 3 is 2.73 bits per heavy atom. The Hall–Kier alpha value is -2.77. The minimum Gasteiger partial charge on any atom is -0.481 e. The van der Waals surface area contributed by atoms with E-state index in [-0.39, 0.29) is 24.1 Å². The smallest absolute Gasteiger partial charge is 0.306 e. The first-order valence-corrected chi connectivity index (χ1v) is 8.53. The molecule has 1 amide bonds. The number of hydrogen-bond donors (Lipinski definition) is 1. The minimum atomic E-state index is -0.800. The van der Waals surface area contributed by atoms with Crippen LogP contribution in [0.25, 0.3) is 11.4 Å². The first kappa shape index (κ1) is 18.0. The van der Waals surface area contributed by atoms with E-state index in [0.29, 0.717) is 55.2 Å². The highest BCUT2D eigenvalue weighted by molar-refractivity contribution is 5.77. The number of nitrogens with zero attached hydrogens (tertiary/aromatic N) is 3. The number of benzene rings is 1. The number of carboxylic acids is 1. The van der Waals surface area contributed by atoms with Gasteiger partial charge in [0.2, 0.25) is 17.6 Å². The van der Waals surface area contributed by atoms with Crippen molar-refractivity contribution < 1.29 is 23.6 Å². The highest BCUT2D eigenvalue weighted by atomic mass is 19.1. The van der Waals surface area contributed by atoms with Crippen LogP contribution in [0.1, 0.15) is 30.7 Å². The molecule has 2 heterocycles. The van der Waals surface area contributed by atoms with Gasteiger partial charge in [0.05, 0.1) is 5.92 Å². The Balaban J connectivity index is 1.54. The summed E-state index contributed by atoms with van der Waals surface area (Å²) in [5, 5.41) is 12.9. The number of rotatable bonds is 5. The Labute approximate surface area is 149 Å². The van der Waals surface area contributed by atoms with E-state index in [0.717, 1.165) is 0 Å². The summed E-state index contributed by atoms with van der Waals surface area (Å²) < 4.78 is 18.5. The number of carbonyl (C=O) groups excluding carboxylic acids is 1. The number of hydrogen-bond acceptors (Lipinski definition) is 5. The summed E-state index contributed by atoms with van der Waals surface area (Å²) in [6.07, 6.45) is 1.50. The number of aliphatic carboxylic acids is 1. The van der Waals surface area contributed by atoms with Crippen LogP contribution in [0.5, 0.6) is 0 Å². The van der Waals surface area contributed by atoms with Gasteiger partial charge in [0.15, 0.2) is 0 Å². The summed E-state index contributed by atoms with van der Waals surface area (Å²) in [7, 11) is 0. The molecule has 2 aromatic rings. The molecule has 0 unspecified atom stereocenters. The summed E-state index contributed by atoms with van der Waals surface area (Å²) in [6, 6.07) is 4.57. The van der Waals surface area contributed by atoms with Gasteiger partial charge in [0.25, 0.3) is 0 Å². The summed E-state index contributed by atoms with van der Waals surface area (Å²) >= 11 is 0. The van der Waals surface area contributed by atoms with E-state index >= 15 is 0 Å². The van der Waals surface area contributed by atoms with Crippen molar-refractivity contribution in [3.05, 3.63) is 35.5 Å². The van der Waals surface area contributed by atoms with Crippen molar-refractivity contribution in [1.82, 2.24) is 15.0 Å². The van der Waals surface area contributed by atoms with Crippen LogP contribution in [-0.2, 0) is 16.0 Å². The number of carbonyl (C=O) groups is 2. The molecule has 1 N–H and O–H groups in total. The molecule has 0 spiro atoms. The molecule has 26 heavy (non-hydrogen) atoms. The molecule has 1 aliphatic rings. The van der Waals surface area contributed by atoms with Gasteiger partial charge < -0.3 is 14.5 Å². The van der Waals surface area contributed by atoms with Crippen molar-refractivity contribution in [3.8, 4) is 11.4 Å². The molecule has 1 aliphatic heterocycles. The molecule has 1 fully saturated rings. The lowest BCUT2D eigenvalue weighted by atomic mass is 9.97. The molecule has 8 heteroatoms. The van der Waals surface area contributed by atoms with Crippen LogP contribution in [0.4, 0.5) is 4.39 Å². The monoisotopic (exact) mass is 361 g/mol. The highest BCUT2D eigenvalue weighted by Crippen LogP contribution is 2.20. The van der Waals surface area contributed by atoms with Crippen molar-refractivity contribution in [2.45, 2.75) is 32.6 Å². The molecule has 1 aromatic carbocycles. The van der Waals surface area contributed by atoms with Crippen molar-refractivity contribution in [2.24, 2.45) is 5.92 Å². The van der Waals surface area contributed by atoms with E-state index < -0.39 is 5.97 Å². The zero-order valence-electron chi connectivity index (χ0n) is 14.4. The largest absolute Gasteiger partial charge is 0.481 e. The molecule has 138 valence electrons. The van der Waals surface area contributed by atoms with Gasteiger partial charge in [-0.05, 0) is 43.5 Å². The molecule has 0 aliphatic carbocycles. The second-order valence-corrected chi connectivity index (χ2v) is 6.47. The number of likely N-dealkylation sites (tertiary alicyclic amines) is 1. The lowest BCUT2D eigenvalue weighted by Crippen LogP contribution is -2.40. The fraction of sp³-hybridized carbons (Fsp3) is 0.444. The number of piperidine rings is 1. The molecule has 0 saturated carbocycles. The Morgan fingerprint density at radius 1 is 1.35 bits per heavy atom. The number of halogens is 1. The lowest BCUT2D eigenvalue weighted by molar-refractivity contribution is -0.145. The van der Waals surface area contributed by atoms with E-state index in [2.05, 4.69) is 10.1 Å². The first-order chi connectivity index (χ1) is 12.4. The zero-order valence-corrected chi connectivity index (χ0v) is 14.4. The molecule has 0 radical (unpaired) electrons. The molecule has 1 aromatic heterocycles. The predicted molar refractivity (Wildman–Crippen MR) is 89.7 cm³/mol. The van der Waals surface area contributed by atoms with E-state index in [1.807, 2.05) is 0 Å². The van der Waals surface area contributed by atoms with Gasteiger partial charge in [-0.1, -0.05) is 5.16 Å². The maximum absolute atomic E-state index is 13.3. The molecule has 7 nitrogen and oxygen atoms in total. The maximum Gasteiger partial charge on any atom is 0.306 e. The van der Waals surface area contributed by atoms with Crippen molar-refractivity contribution in [2.75, 3.05) is 13.1 Å². The third kappa shape index (κ3) is 4.07. The van der Waals surface area contributed by atoms with Gasteiger partial charge in [-0.25, -0.2) is 4.39 Å². The summed E-state index contributed by atoms with van der Waals surface area (Å²) in [6.45, 7) is 2.57. The number of amides is 1. The van der Waals surface area contributed by atoms with E-state index in [1.165, 1.54) is 6.07 Å². The topological polar surface area (TPSA) is 96.5 Å². The zero-order chi connectivity index (χ0) is 18.7. The Kier molecular flexibility index (Phi) is 5.29. The van der Waals surface area contributed by atoms with Crippen LogP contribution >= 0.6 is 0 Å². The third-order valence-corrected chi connectivity index (χ3v) is 4.63. The van der Waals surface area contributed by atoms with Crippen LogP contribution in [0, 0.1) is 18.7 Å². The summed E-state index contributed by atoms with van der Waals surface area (Å²) in [5.74, 6) is -0.808. The number of aryl methyl sites for hydroxylation is 2. The van der Waals surface area contributed by atoms with Crippen LogP contribution in [0.3, 0.4) is 0 Å². The van der Waals surface area contributed by atoms with Crippen LogP contribution < -0.4 is 0 Å².